The SMILES string of the molecule is CC(C)(C)c1cc(C(=O)O)c(O)c(C(=O)/C=C/c2cccc(/C=C/c3ccc4ccccc4n3)c2)c1. The van der Waals surface area contributed by atoms with Crippen LogP contribution in [0.4, 0.5) is 0 Å². The van der Waals surface area contributed by atoms with Crippen LogP contribution in [0.1, 0.15) is 63.9 Å². The van der Waals surface area contributed by atoms with E-state index in [1.54, 1.807) is 12.1 Å². The number of rotatable bonds is 6. The van der Waals surface area contributed by atoms with Crippen molar-refractivity contribution < 1.29 is 19.8 Å². The number of carbonyl (C=O) groups is 2. The second-order valence-corrected chi connectivity index (χ2v) is 9.60. The van der Waals surface area contributed by atoms with Gasteiger partial charge in [-0.2, -0.15) is 0 Å². The lowest BCUT2D eigenvalue weighted by atomic mass is 9.84. The van der Waals surface area contributed by atoms with Crippen LogP contribution in [0.2, 0.25) is 0 Å². The summed E-state index contributed by atoms with van der Waals surface area (Å²) in [5.41, 5.74) is 3.45. The van der Waals surface area contributed by atoms with E-state index in [0.717, 1.165) is 27.7 Å². The van der Waals surface area contributed by atoms with Crippen LogP contribution in [0.25, 0.3) is 29.1 Å². The first-order chi connectivity index (χ1) is 17.1. The summed E-state index contributed by atoms with van der Waals surface area (Å²) in [6, 6.07) is 22.5. The number of ketones is 1. The van der Waals surface area contributed by atoms with E-state index in [0.29, 0.717) is 5.56 Å². The molecule has 0 fully saturated rings. The molecule has 0 aliphatic rings. The van der Waals surface area contributed by atoms with E-state index in [2.05, 4.69) is 4.98 Å². The van der Waals surface area contributed by atoms with Gasteiger partial charge in [0.15, 0.2) is 5.78 Å². The predicted molar refractivity (Wildman–Crippen MR) is 144 cm³/mol. The van der Waals surface area contributed by atoms with Gasteiger partial charge in [0.05, 0.1) is 16.8 Å². The molecule has 0 bridgehead atoms. The highest BCUT2D eigenvalue weighted by Gasteiger charge is 2.23. The van der Waals surface area contributed by atoms with Crippen LogP contribution in [-0.2, 0) is 5.41 Å². The fourth-order valence-electron chi connectivity index (χ4n) is 3.80. The first-order valence-electron chi connectivity index (χ1n) is 11.6. The summed E-state index contributed by atoms with van der Waals surface area (Å²) in [4.78, 5) is 29.2. The second kappa shape index (κ2) is 10.0. The summed E-state index contributed by atoms with van der Waals surface area (Å²) >= 11 is 0. The summed E-state index contributed by atoms with van der Waals surface area (Å²) in [7, 11) is 0. The number of hydrogen-bond acceptors (Lipinski definition) is 4. The Balaban J connectivity index is 1.57. The van der Waals surface area contributed by atoms with Gasteiger partial charge in [0.25, 0.3) is 0 Å². The molecular formula is C31H27NO4. The maximum absolute atomic E-state index is 12.9. The minimum Gasteiger partial charge on any atom is -0.506 e. The Morgan fingerprint density at radius 2 is 1.50 bits per heavy atom. The van der Waals surface area contributed by atoms with Crippen LogP contribution < -0.4 is 0 Å². The van der Waals surface area contributed by atoms with E-state index in [9.17, 15) is 19.8 Å². The van der Waals surface area contributed by atoms with Gasteiger partial charge in [-0.15, -0.1) is 0 Å². The monoisotopic (exact) mass is 477 g/mol. The Bertz CT molecular complexity index is 1520. The van der Waals surface area contributed by atoms with E-state index in [4.69, 9.17) is 0 Å². The van der Waals surface area contributed by atoms with Crippen molar-refractivity contribution >= 4 is 40.9 Å². The molecule has 0 unspecified atom stereocenters. The summed E-state index contributed by atoms with van der Waals surface area (Å²) < 4.78 is 0. The third kappa shape index (κ3) is 5.58. The van der Waals surface area contributed by atoms with Gasteiger partial charge >= 0.3 is 5.97 Å². The molecule has 1 aromatic heterocycles. The van der Waals surface area contributed by atoms with Crippen molar-refractivity contribution in [2.45, 2.75) is 26.2 Å². The molecule has 2 N–H and O–H groups in total. The lowest BCUT2D eigenvalue weighted by Crippen LogP contribution is -2.14. The maximum Gasteiger partial charge on any atom is 0.339 e. The molecular weight excluding hydrogens is 450 g/mol. The molecule has 5 nitrogen and oxygen atoms in total. The zero-order chi connectivity index (χ0) is 25.9. The van der Waals surface area contributed by atoms with Gasteiger partial charge in [-0.3, -0.25) is 4.79 Å². The van der Waals surface area contributed by atoms with E-state index in [-0.39, 0.29) is 11.1 Å². The largest absolute Gasteiger partial charge is 0.506 e. The number of fused-ring (bicyclic) bond motifs is 1. The van der Waals surface area contributed by atoms with Gasteiger partial charge in [0.1, 0.15) is 11.3 Å². The Morgan fingerprint density at radius 3 is 2.22 bits per heavy atom. The quantitative estimate of drug-likeness (QED) is 0.231. The number of hydrogen-bond donors (Lipinski definition) is 2. The number of carbonyl (C=O) groups excluding carboxylic acids is 1. The maximum atomic E-state index is 12.9. The molecule has 36 heavy (non-hydrogen) atoms. The summed E-state index contributed by atoms with van der Waals surface area (Å²) in [6.45, 7) is 5.75. The van der Waals surface area contributed by atoms with E-state index in [1.165, 1.54) is 12.1 Å². The van der Waals surface area contributed by atoms with Crippen molar-refractivity contribution in [1.82, 2.24) is 4.98 Å². The molecule has 0 spiro atoms. The van der Waals surface area contributed by atoms with E-state index in [1.807, 2.05) is 93.6 Å². The topological polar surface area (TPSA) is 87.5 Å². The number of phenols is 1. The number of carboxylic acids is 1. The molecule has 1 heterocycles. The van der Waals surface area contributed by atoms with Crippen molar-refractivity contribution in [3.63, 3.8) is 0 Å². The molecule has 0 amide bonds. The second-order valence-electron chi connectivity index (χ2n) is 9.60. The third-order valence-electron chi connectivity index (χ3n) is 5.88. The summed E-state index contributed by atoms with van der Waals surface area (Å²) in [5, 5.41) is 21.0. The first kappa shape index (κ1) is 24.6. The molecule has 0 saturated carbocycles. The van der Waals surface area contributed by atoms with Gasteiger partial charge in [0.2, 0.25) is 0 Å². The average molecular weight is 478 g/mol. The minimum absolute atomic E-state index is 0.0329. The van der Waals surface area contributed by atoms with Crippen molar-refractivity contribution in [1.29, 1.82) is 0 Å². The third-order valence-corrected chi connectivity index (χ3v) is 5.88. The molecule has 4 aromatic rings. The number of nitrogens with zero attached hydrogens (tertiary/aromatic N) is 1. The number of allylic oxidation sites excluding steroid dienone is 1. The molecule has 0 saturated heterocycles. The zero-order valence-electron chi connectivity index (χ0n) is 20.4. The number of aromatic carboxylic acids is 1. The highest BCUT2D eigenvalue weighted by atomic mass is 16.4. The zero-order valence-corrected chi connectivity index (χ0v) is 20.4. The van der Waals surface area contributed by atoms with Crippen LogP contribution in [0.5, 0.6) is 5.75 Å². The fraction of sp³-hybridized carbons (Fsp3) is 0.129. The summed E-state index contributed by atoms with van der Waals surface area (Å²) in [6.07, 6.45) is 6.89. The lowest BCUT2D eigenvalue weighted by Gasteiger charge is -2.21. The van der Waals surface area contributed by atoms with Gasteiger partial charge in [-0.25, -0.2) is 9.78 Å². The van der Waals surface area contributed by atoms with Crippen LogP contribution in [0.3, 0.4) is 0 Å². The van der Waals surface area contributed by atoms with Crippen LogP contribution in [0.15, 0.2) is 78.9 Å². The van der Waals surface area contributed by atoms with Crippen molar-refractivity contribution in [2.75, 3.05) is 0 Å². The van der Waals surface area contributed by atoms with Crippen molar-refractivity contribution in [3.05, 3.63) is 112 Å². The van der Waals surface area contributed by atoms with E-state index >= 15 is 0 Å². The average Bonchev–Trinajstić information content (AvgIpc) is 2.85. The van der Waals surface area contributed by atoms with Gasteiger partial charge in [-0.1, -0.05) is 75.4 Å². The number of carboxylic acid groups (broad SMARTS) is 1. The molecule has 0 atom stereocenters. The Kier molecular flexibility index (Phi) is 6.84. The highest BCUT2D eigenvalue weighted by Crippen LogP contribution is 2.32. The minimum atomic E-state index is -1.28. The Labute approximate surface area is 210 Å². The number of aromatic hydroxyl groups is 1. The first-order valence-corrected chi connectivity index (χ1v) is 11.6. The van der Waals surface area contributed by atoms with Crippen LogP contribution in [0, 0.1) is 0 Å². The molecule has 0 aliphatic carbocycles. The molecule has 180 valence electrons. The predicted octanol–water partition coefficient (Wildman–Crippen LogP) is 7.00. The molecule has 0 aliphatic heterocycles. The van der Waals surface area contributed by atoms with Gasteiger partial charge in [-0.05, 0) is 64.6 Å². The Morgan fingerprint density at radius 1 is 0.806 bits per heavy atom. The number of pyridine rings is 1. The smallest absolute Gasteiger partial charge is 0.339 e. The molecule has 3 aromatic carbocycles. The molecule has 0 radical (unpaired) electrons. The van der Waals surface area contributed by atoms with Crippen molar-refractivity contribution in [3.8, 4) is 5.75 Å². The van der Waals surface area contributed by atoms with Gasteiger partial charge in [0, 0.05) is 5.39 Å². The summed E-state index contributed by atoms with van der Waals surface area (Å²) in [5.74, 6) is -2.27. The molecule has 5 heteroatoms. The standard InChI is InChI=1S/C31H27NO4/c1-31(2,3)23-18-25(29(34)26(19-23)30(35)36)28(33)16-12-21-8-6-7-20(17-21)11-14-24-15-13-22-9-4-5-10-27(22)32-24/h4-19,34H,1-3H3,(H,35,36)/b14-11+,16-12+. The van der Waals surface area contributed by atoms with Crippen LogP contribution >= 0.6 is 0 Å². The van der Waals surface area contributed by atoms with Crippen LogP contribution in [-0.4, -0.2) is 26.9 Å². The number of para-hydroxylation sites is 1. The number of benzene rings is 3. The molecule has 4 rings (SSSR count). The normalized spacial score (nSPS) is 12.0. The van der Waals surface area contributed by atoms with Crippen molar-refractivity contribution in [2.24, 2.45) is 0 Å². The number of aromatic nitrogens is 1. The van der Waals surface area contributed by atoms with Gasteiger partial charge < -0.3 is 10.2 Å². The fourth-order valence-corrected chi connectivity index (χ4v) is 3.80. The van der Waals surface area contributed by atoms with E-state index < -0.39 is 22.9 Å². The highest BCUT2D eigenvalue weighted by molar-refractivity contribution is 6.10. The lowest BCUT2D eigenvalue weighted by molar-refractivity contribution is 0.0693. The Hall–Kier alpha value is -4.51.